The molecule has 1 aromatic carbocycles. The minimum atomic E-state index is -0.210. The van der Waals surface area contributed by atoms with Gasteiger partial charge in [-0.05, 0) is 25.3 Å². The molecule has 0 saturated carbocycles. The number of rotatable bonds is 3. The Balaban J connectivity index is 1.60. The fourth-order valence-electron chi connectivity index (χ4n) is 3.47. The summed E-state index contributed by atoms with van der Waals surface area (Å²) >= 11 is 0. The van der Waals surface area contributed by atoms with Crippen molar-refractivity contribution in [1.82, 2.24) is 9.80 Å². The number of nitrogens with zero attached hydrogens (tertiary/aromatic N) is 2. The smallest absolute Gasteiger partial charge is 0.228 e. The number of piperidine rings is 1. The Labute approximate surface area is 137 Å². The van der Waals surface area contributed by atoms with Crippen LogP contribution in [0.3, 0.4) is 0 Å². The molecule has 2 aliphatic heterocycles. The standard InChI is InChI=1S/C18H25N3O2/c1-13-4-6-14(7-5-13)10-21-11-15(9-17(21)22)18(23)20-8-2-3-16(19)12-20/h4-7,15-16H,2-3,8-12,19H2,1H3. The number of aryl methyl sites for hydroxylation is 1. The van der Waals surface area contributed by atoms with Crippen LogP contribution in [0.4, 0.5) is 0 Å². The normalized spacial score (nSPS) is 25.0. The number of likely N-dealkylation sites (tertiary alicyclic amines) is 2. The zero-order valence-corrected chi connectivity index (χ0v) is 13.7. The van der Waals surface area contributed by atoms with E-state index in [1.165, 1.54) is 5.56 Å². The van der Waals surface area contributed by atoms with Gasteiger partial charge in [0.05, 0.1) is 5.92 Å². The van der Waals surface area contributed by atoms with Gasteiger partial charge in [0.2, 0.25) is 11.8 Å². The van der Waals surface area contributed by atoms with Gasteiger partial charge in [0, 0.05) is 38.6 Å². The highest BCUT2D eigenvalue weighted by atomic mass is 16.2. The molecule has 0 bridgehead atoms. The Morgan fingerprint density at radius 3 is 2.70 bits per heavy atom. The van der Waals surface area contributed by atoms with E-state index >= 15 is 0 Å². The molecule has 2 fully saturated rings. The van der Waals surface area contributed by atoms with E-state index in [0.29, 0.717) is 26.1 Å². The van der Waals surface area contributed by atoms with Crippen molar-refractivity contribution in [3.8, 4) is 0 Å². The molecule has 0 radical (unpaired) electrons. The lowest BCUT2D eigenvalue weighted by Crippen LogP contribution is -2.48. The van der Waals surface area contributed by atoms with Crippen molar-refractivity contribution in [1.29, 1.82) is 0 Å². The molecule has 2 saturated heterocycles. The van der Waals surface area contributed by atoms with Gasteiger partial charge < -0.3 is 15.5 Å². The summed E-state index contributed by atoms with van der Waals surface area (Å²) in [6.07, 6.45) is 2.27. The zero-order valence-electron chi connectivity index (χ0n) is 13.7. The summed E-state index contributed by atoms with van der Waals surface area (Å²) in [5.41, 5.74) is 8.27. The molecule has 2 heterocycles. The SMILES string of the molecule is Cc1ccc(CN2CC(C(=O)N3CCCC(N)C3)CC2=O)cc1. The number of carbonyl (C=O) groups excluding carboxylic acids is 2. The van der Waals surface area contributed by atoms with E-state index in [-0.39, 0.29) is 23.8 Å². The molecule has 23 heavy (non-hydrogen) atoms. The molecule has 1 aromatic rings. The molecule has 2 aliphatic rings. The molecule has 0 spiro atoms. The van der Waals surface area contributed by atoms with E-state index in [9.17, 15) is 9.59 Å². The average molecular weight is 315 g/mol. The van der Waals surface area contributed by atoms with Crippen LogP contribution in [0, 0.1) is 12.8 Å². The van der Waals surface area contributed by atoms with Crippen molar-refractivity contribution in [2.75, 3.05) is 19.6 Å². The summed E-state index contributed by atoms with van der Waals surface area (Å²) in [7, 11) is 0. The van der Waals surface area contributed by atoms with Gasteiger partial charge in [-0.2, -0.15) is 0 Å². The first-order valence-corrected chi connectivity index (χ1v) is 8.40. The van der Waals surface area contributed by atoms with Gasteiger partial charge in [0.1, 0.15) is 0 Å². The summed E-state index contributed by atoms with van der Waals surface area (Å²) in [5, 5.41) is 0. The van der Waals surface area contributed by atoms with E-state index in [0.717, 1.165) is 24.9 Å². The summed E-state index contributed by atoms with van der Waals surface area (Å²) in [4.78, 5) is 28.5. The highest BCUT2D eigenvalue weighted by molar-refractivity contribution is 5.89. The summed E-state index contributed by atoms with van der Waals surface area (Å²) in [6, 6.07) is 8.26. The molecule has 2 amide bonds. The van der Waals surface area contributed by atoms with Crippen molar-refractivity contribution in [3.63, 3.8) is 0 Å². The lowest BCUT2D eigenvalue weighted by atomic mass is 10.0. The highest BCUT2D eigenvalue weighted by Crippen LogP contribution is 2.23. The summed E-state index contributed by atoms with van der Waals surface area (Å²) in [5.74, 6) is -0.0385. The van der Waals surface area contributed by atoms with Crippen LogP contribution in [0.1, 0.15) is 30.4 Å². The van der Waals surface area contributed by atoms with Crippen LogP contribution in [-0.4, -0.2) is 47.3 Å². The molecule has 2 atom stereocenters. The summed E-state index contributed by atoms with van der Waals surface area (Å²) in [6.45, 7) is 4.55. The minimum absolute atomic E-state index is 0.0743. The number of amides is 2. The quantitative estimate of drug-likeness (QED) is 0.914. The van der Waals surface area contributed by atoms with E-state index in [4.69, 9.17) is 5.73 Å². The monoisotopic (exact) mass is 315 g/mol. The third-order valence-corrected chi connectivity index (χ3v) is 4.83. The van der Waals surface area contributed by atoms with E-state index in [2.05, 4.69) is 0 Å². The van der Waals surface area contributed by atoms with Gasteiger partial charge >= 0.3 is 0 Å². The second-order valence-corrected chi connectivity index (χ2v) is 6.85. The van der Waals surface area contributed by atoms with Gasteiger partial charge in [0.25, 0.3) is 0 Å². The average Bonchev–Trinajstić information content (AvgIpc) is 2.90. The van der Waals surface area contributed by atoms with Crippen LogP contribution < -0.4 is 5.73 Å². The van der Waals surface area contributed by atoms with Gasteiger partial charge in [-0.25, -0.2) is 0 Å². The molecule has 0 aliphatic carbocycles. The van der Waals surface area contributed by atoms with Crippen molar-refractivity contribution in [2.45, 2.75) is 38.8 Å². The van der Waals surface area contributed by atoms with Crippen LogP contribution >= 0.6 is 0 Å². The van der Waals surface area contributed by atoms with Crippen LogP contribution in [-0.2, 0) is 16.1 Å². The Kier molecular flexibility index (Phi) is 4.66. The van der Waals surface area contributed by atoms with Crippen molar-refractivity contribution >= 4 is 11.8 Å². The minimum Gasteiger partial charge on any atom is -0.341 e. The second kappa shape index (κ2) is 6.71. The number of carbonyl (C=O) groups is 2. The van der Waals surface area contributed by atoms with Gasteiger partial charge in [-0.1, -0.05) is 29.8 Å². The maximum Gasteiger partial charge on any atom is 0.228 e. The first kappa shape index (κ1) is 16.0. The number of hydrogen-bond donors (Lipinski definition) is 1. The number of benzene rings is 1. The van der Waals surface area contributed by atoms with Crippen LogP contribution in [0.15, 0.2) is 24.3 Å². The van der Waals surface area contributed by atoms with E-state index in [1.54, 1.807) is 4.90 Å². The molecule has 0 aromatic heterocycles. The number of hydrogen-bond acceptors (Lipinski definition) is 3. The first-order valence-electron chi connectivity index (χ1n) is 8.40. The van der Waals surface area contributed by atoms with Crippen LogP contribution in [0.2, 0.25) is 0 Å². The van der Waals surface area contributed by atoms with Crippen LogP contribution in [0.25, 0.3) is 0 Å². The Bertz CT molecular complexity index is 584. The van der Waals surface area contributed by atoms with Gasteiger partial charge in [-0.3, -0.25) is 9.59 Å². The molecular formula is C18H25N3O2. The van der Waals surface area contributed by atoms with Crippen molar-refractivity contribution < 1.29 is 9.59 Å². The highest BCUT2D eigenvalue weighted by Gasteiger charge is 2.37. The number of nitrogens with two attached hydrogens (primary N) is 1. The topological polar surface area (TPSA) is 66.6 Å². The first-order chi connectivity index (χ1) is 11.0. The Hall–Kier alpha value is -1.88. The lowest BCUT2D eigenvalue weighted by molar-refractivity contribution is -0.137. The summed E-state index contributed by atoms with van der Waals surface area (Å²) < 4.78 is 0. The predicted molar refractivity (Wildman–Crippen MR) is 88.5 cm³/mol. The van der Waals surface area contributed by atoms with Crippen LogP contribution in [0.5, 0.6) is 0 Å². The third kappa shape index (κ3) is 3.72. The fourth-order valence-corrected chi connectivity index (χ4v) is 3.47. The molecule has 2 unspecified atom stereocenters. The third-order valence-electron chi connectivity index (χ3n) is 4.83. The van der Waals surface area contributed by atoms with Gasteiger partial charge in [0.15, 0.2) is 0 Å². The lowest BCUT2D eigenvalue weighted by Gasteiger charge is -2.32. The molecular weight excluding hydrogens is 290 g/mol. The Morgan fingerprint density at radius 1 is 1.26 bits per heavy atom. The predicted octanol–water partition coefficient (Wildman–Crippen LogP) is 1.29. The maximum atomic E-state index is 12.6. The second-order valence-electron chi connectivity index (χ2n) is 6.85. The molecule has 2 N–H and O–H groups in total. The zero-order chi connectivity index (χ0) is 16.4. The fraction of sp³-hybridized carbons (Fsp3) is 0.556. The van der Waals surface area contributed by atoms with E-state index < -0.39 is 0 Å². The Morgan fingerprint density at radius 2 is 2.00 bits per heavy atom. The molecule has 3 rings (SSSR count). The van der Waals surface area contributed by atoms with Crippen molar-refractivity contribution in [3.05, 3.63) is 35.4 Å². The van der Waals surface area contributed by atoms with Gasteiger partial charge in [-0.15, -0.1) is 0 Å². The largest absolute Gasteiger partial charge is 0.341 e. The molecule has 5 nitrogen and oxygen atoms in total. The maximum absolute atomic E-state index is 12.6. The molecule has 5 heteroatoms. The van der Waals surface area contributed by atoms with E-state index in [1.807, 2.05) is 36.1 Å². The molecule has 124 valence electrons. The van der Waals surface area contributed by atoms with Crippen molar-refractivity contribution in [2.24, 2.45) is 11.7 Å².